The number of aliphatic carboxylic acids is 1. The van der Waals surface area contributed by atoms with Crippen LogP contribution in [0.25, 0.3) is 12.2 Å². The topological polar surface area (TPSA) is 65.0 Å². The van der Waals surface area contributed by atoms with Gasteiger partial charge in [0.2, 0.25) is 0 Å². The first-order valence-electron chi connectivity index (χ1n) is 11.5. The van der Waals surface area contributed by atoms with E-state index < -0.39 is 12.6 Å². The van der Waals surface area contributed by atoms with Gasteiger partial charge in [-0.05, 0) is 65.4 Å². The van der Waals surface area contributed by atoms with Crippen molar-refractivity contribution < 1.29 is 28.5 Å². The molecule has 3 aromatic carbocycles. The number of benzene rings is 3. The van der Waals surface area contributed by atoms with Crippen molar-refractivity contribution in [3.8, 4) is 17.2 Å². The van der Waals surface area contributed by atoms with Crippen LogP contribution in [0.1, 0.15) is 27.8 Å². The molecule has 6 heteroatoms. The lowest BCUT2D eigenvalue weighted by molar-refractivity contribution is -0.139. The molecule has 5 nitrogen and oxygen atoms in total. The fourth-order valence-corrected chi connectivity index (χ4v) is 4.00. The van der Waals surface area contributed by atoms with Gasteiger partial charge in [0.15, 0.2) is 6.61 Å². The van der Waals surface area contributed by atoms with Gasteiger partial charge in [-0.3, -0.25) is 0 Å². The highest BCUT2D eigenvalue weighted by Crippen LogP contribution is 2.28. The van der Waals surface area contributed by atoms with Crippen molar-refractivity contribution in [1.82, 2.24) is 0 Å². The summed E-state index contributed by atoms with van der Waals surface area (Å²) in [5, 5.41) is 8.94. The number of carbonyl (C=O) groups is 1. The monoisotopic (exact) mass is 486 g/mol. The van der Waals surface area contributed by atoms with E-state index in [4.69, 9.17) is 19.3 Å². The van der Waals surface area contributed by atoms with E-state index in [2.05, 4.69) is 12.7 Å². The summed E-state index contributed by atoms with van der Waals surface area (Å²) in [4.78, 5) is 10.9. The zero-order valence-electron chi connectivity index (χ0n) is 20.0. The molecule has 184 valence electrons. The Morgan fingerprint density at radius 1 is 1.03 bits per heavy atom. The first kappa shape index (κ1) is 24.8. The number of aryl methyl sites for hydroxylation is 1. The molecule has 0 spiro atoms. The average molecular weight is 487 g/mol. The normalized spacial score (nSPS) is 12.2. The SMILES string of the molecule is C=Cc1cc(F)cc2c1CC=C(COc1cccc(OCc3cccc(C)c3OCC(=O)O)c1)C=C2. The largest absolute Gasteiger partial charge is 0.489 e. The summed E-state index contributed by atoms with van der Waals surface area (Å²) >= 11 is 0. The molecule has 1 aliphatic carbocycles. The number of para-hydroxylation sites is 1. The van der Waals surface area contributed by atoms with Crippen LogP contribution < -0.4 is 14.2 Å². The Bertz CT molecular complexity index is 1340. The van der Waals surface area contributed by atoms with E-state index in [-0.39, 0.29) is 12.4 Å². The van der Waals surface area contributed by atoms with Crippen LogP contribution in [0.5, 0.6) is 17.2 Å². The van der Waals surface area contributed by atoms with Gasteiger partial charge in [0.1, 0.15) is 36.3 Å². The number of ether oxygens (including phenoxy) is 3. The standard InChI is InChI=1S/C30H27FO5/c1-3-22-14-25(31)15-23-12-10-21(11-13-28(22)23)17-34-26-8-5-9-27(16-26)35-18-24-7-4-6-20(2)30(24)36-19-29(32)33/h3-12,14-16H,1,13,17-19H2,2H3,(H,32,33). The molecule has 0 atom stereocenters. The number of rotatable bonds is 10. The van der Waals surface area contributed by atoms with Gasteiger partial charge in [-0.15, -0.1) is 0 Å². The van der Waals surface area contributed by atoms with Gasteiger partial charge in [0, 0.05) is 11.6 Å². The van der Waals surface area contributed by atoms with Crippen molar-refractivity contribution in [3.63, 3.8) is 0 Å². The molecule has 0 aromatic heterocycles. The third kappa shape index (κ3) is 6.21. The number of fused-ring (bicyclic) bond motifs is 1. The van der Waals surface area contributed by atoms with E-state index >= 15 is 0 Å². The molecule has 1 N–H and O–H groups in total. The Hall–Kier alpha value is -4.32. The number of carboxylic acid groups (broad SMARTS) is 1. The van der Waals surface area contributed by atoms with Crippen LogP contribution in [0.2, 0.25) is 0 Å². The van der Waals surface area contributed by atoms with Crippen molar-refractivity contribution in [3.05, 3.63) is 113 Å². The first-order chi connectivity index (χ1) is 17.4. The van der Waals surface area contributed by atoms with Crippen LogP contribution in [0.3, 0.4) is 0 Å². The molecule has 0 saturated carbocycles. The van der Waals surface area contributed by atoms with Gasteiger partial charge >= 0.3 is 5.97 Å². The molecule has 4 rings (SSSR count). The van der Waals surface area contributed by atoms with Crippen LogP contribution in [-0.2, 0) is 17.8 Å². The zero-order chi connectivity index (χ0) is 25.5. The summed E-state index contributed by atoms with van der Waals surface area (Å²) in [5.74, 6) is 0.455. The number of allylic oxidation sites excluding steroid dienone is 1. The van der Waals surface area contributed by atoms with Crippen LogP contribution in [-0.4, -0.2) is 24.3 Å². The van der Waals surface area contributed by atoms with Crippen molar-refractivity contribution in [1.29, 1.82) is 0 Å². The Morgan fingerprint density at radius 2 is 1.78 bits per heavy atom. The quantitative estimate of drug-likeness (QED) is 0.360. The maximum atomic E-state index is 13.9. The number of hydrogen-bond acceptors (Lipinski definition) is 4. The van der Waals surface area contributed by atoms with Crippen LogP contribution in [0.4, 0.5) is 4.39 Å². The smallest absolute Gasteiger partial charge is 0.341 e. The number of halogens is 1. The lowest BCUT2D eigenvalue weighted by Gasteiger charge is -2.14. The summed E-state index contributed by atoms with van der Waals surface area (Å²) in [6, 6.07) is 15.9. The van der Waals surface area contributed by atoms with Gasteiger partial charge in [0.25, 0.3) is 0 Å². The molecule has 0 bridgehead atoms. The van der Waals surface area contributed by atoms with E-state index in [1.165, 1.54) is 12.1 Å². The van der Waals surface area contributed by atoms with Crippen LogP contribution >= 0.6 is 0 Å². The molecule has 0 heterocycles. The van der Waals surface area contributed by atoms with E-state index in [1.807, 2.05) is 55.5 Å². The Kier molecular flexibility index (Phi) is 7.85. The predicted molar refractivity (Wildman–Crippen MR) is 138 cm³/mol. The second-order valence-corrected chi connectivity index (χ2v) is 8.38. The van der Waals surface area contributed by atoms with Crippen molar-refractivity contribution in [2.24, 2.45) is 0 Å². The number of carboxylic acids is 1. The fourth-order valence-electron chi connectivity index (χ4n) is 4.00. The van der Waals surface area contributed by atoms with Gasteiger partial charge in [-0.25, -0.2) is 9.18 Å². The Labute approximate surface area is 209 Å². The zero-order valence-corrected chi connectivity index (χ0v) is 20.0. The molecule has 0 aliphatic heterocycles. The maximum Gasteiger partial charge on any atom is 0.341 e. The van der Waals surface area contributed by atoms with Crippen molar-refractivity contribution >= 4 is 18.1 Å². The highest BCUT2D eigenvalue weighted by molar-refractivity contribution is 5.68. The van der Waals surface area contributed by atoms with Crippen LogP contribution in [0, 0.1) is 12.7 Å². The minimum atomic E-state index is -1.04. The van der Waals surface area contributed by atoms with E-state index in [9.17, 15) is 9.18 Å². The van der Waals surface area contributed by atoms with Gasteiger partial charge < -0.3 is 19.3 Å². The Balaban J connectivity index is 1.39. The highest BCUT2D eigenvalue weighted by Gasteiger charge is 2.12. The fraction of sp³-hybridized carbons (Fsp3) is 0.167. The second-order valence-electron chi connectivity index (χ2n) is 8.38. The van der Waals surface area contributed by atoms with E-state index in [0.29, 0.717) is 30.3 Å². The van der Waals surface area contributed by atoms with Gasteiger partial charge in [0.05, 0.1) is 0 Å². The summed E-state index contributed by atoms with van der Waals surface area (Å²) in [6.45, 7) is 5.81. The molecule has 1 aliphatic rings. The summed E-state index contributed by atoms with van der Waals surface area (Å²) in [7, 11) is 0. The molecule has 0 saturated heterocycles. The van der Waals surface area contributed by atoms with Gasteiger partial charge in [-0.2, -0.15) is 0 Å². The van der Waals surface area contributed by atoms with Crippen LogP contribution in [0.15, 0.2) is 78.9 Å². The van der Waals surface area contributed by atoms with E-state index in [1.54, 1.807) is 12.1 Å². The van der Waals surface area contributed by atoms with E-state index in [0.717, 1.165) is 33.4 Å². The van der Waals surface area contributed by atoms with Gasteiger partial charge in [-0.1, -0.05) is 55.1 Å². The summed E-state index contributed by atoms with van der Waals surface area (Å²) in [5.41, 5.74) is 5.25. The van der Waals surface area contributed by atoms with Crippen molar-refractivity contribution in [2.45, 2.75) is 20.0 Å². The third-order valence-electron chi connectivity index (χ3n) is 5.79. The molecular weight excluding hydrogens is 459 g/mol. The van der Waals surface area contributed by atoms with Crippen molar-refractivity contribution in [2.75, 3.05) is 13.2 Å². The lowest BCUT2D eigenvalue weighted by Crippen LogP contribution is -2.12. The number of hydrogen-bond donors (Lipinski definition) is 1. The Morgan fingerprint density at radius 3 is 2.53 bits per heavy atom. The average Bonchev–Trinajstić information content (AvgIpc) is 3.07. The summed E-state index contributed by atoms with van der Waals surface area (Å²) < 4.78 is 31.3. The minimum absolute atomic E-state index is 0.217. The maximum absolute atomic E-state index is 13.9. The molecule has 0 unspecified atom stereocenters. The first-order valence-corrected chi connectivity index (χ1v) is 11.5. The molecule has 0 radical (unpaired) electrons. The minimum Gasteiger partial charge on any atom is -0.489 e. The third-order valence-corrected chi connectivity index (χ3v) is 5.79. The predicted octanol–water partition coefficient (Wildman–Crippen LogP) is 6.39. The molecular formula is C30H27FO5. The molecule has 0 fully saturated rings. The summed E-state index contributed by atoms with van der Waals surface area (Å²) in [6.07, 6.45) is 8.25. The lowest BCUT2D eigenvalue weighted by atomic mass is 9.98. The second kappa shape index (κ2) is 11.4. The molecule has 0 amide bonds. The molecule has 3 aromatic rings. The molecule has 36 heavy (non-hydrogen) atoms. The highest BCUT2D eigenvalue weighted by atomic mass is 19.1.